The largest absolute Gasteiger partial charge is 0.364 e. The number of anilines is 1. The molecule has 1 aromatic heterocycles. The zero-order valence-electron chi connectivity index (χ0n) is 13.0. The molecule has 0 aliphatic heterocycles. The van der Waals surface area contributed by atoms with E-state index in [0.29, 0.717) is 6.54 Å². The van der Waals surface area contributed by atoms with Gasteiger partial charge in [-0.1, -0.05) is 26.0 Å². The van der Waals surface area contributed by atoms with Gasteiger partial charge in [-0.3, -0.25) is 0 Å². The average Bonchev–Trinajstić information content (AvgIpc) is 2.94. The second-order valence-corrected chi connectivity index (χ2v) is 5.19. The van der Waals surface area contributed by atoms with Crippen LogP contribution >= 0.6 is 0 Å². The van der Waals surface area contributed by atoms with Crippen LogP contribution in [0.1, 0.15) is 38.1 Å². The van der Waals surface area contributed by atoms with Gasteiger partial charge >= 0.3 is 0 Å². The van der Waals surface area contributed by atoms with Crippen molar-refractivity contribution in [1.29, 1.82) is 0 Å². The molecule has 0 radical (unpaired) electrons. The number of hydrogen-bond donors (Lipinski definition) is 1. The van der Waals surface area contributed by atoms with Crippen LogP contribution in [0.3, 0.4) is 0 Å². The SMILES string of the molecule is CCCN(Cc1ncnn1CCC)c1ccc(CN)cc1. The summed E-state index contributed by atoms with van der Waals surface area (Å²) in [5, 5.41) is 4.30. The van der Waals surface area contributed by atoms with Gasteiger partial charge in [0.25, 0.3) is 0 Å². The summed E-state index contributed by atoms with van der Waals surface area (Å²) in [6.07, 6.45) is 3.81. The van der Waals surface area contributed by atoms with E-state index in [2.05, 4.69) is 53.1 Å². The molecule has 1 heterocycles. The van der Waals surface area contributed by atoms with Gasteiger partial charge in [0.15, 0.2) is 0 Å². The molecule has 0 unspecified atom stereocenters. The van der Waals surface area contributed by atoms with Crippen molar-refractivity contribution in [2.45, 2.75) is 46.3 Å². The summed E-state index contributed by atoms with van der Waals surface area (Å²) in [7, 11) is 0. The number of aromatic nitrogens is 3. The van der Waals surface area contributed by atoms with E-state index in [4.69, 9.17) is 5.73 Å². The molecule has 114 valence electrons. The minimum absolute atomic E-state index is 0.582. The molecule has 1 aromatic carbocycles. The predicted octanol–water partition coefficient (Wildman–Crippen LogP) is 2.56. The molecule has 0 saturated carbocycles. The van der Waals surface area contributed by atoms with Gasteiger partial charge in [0, 0.05) is 25.3 Å². The first-order valence-corrected chi connectivity index (χ1v) is 7.69. The minimum atomic E-state index is 0.582. The zero-order valence-corrected chi connectivity index (χ0v) is 13.0. The second-order valence-electron chi connectivity index (χ2n) is 5.19. The van der Waals surface area contributed by atoms with Crippen LogP contribution < -0.4 is 10.6 Å². The van der Waals surface area contributed by atoms with E-state index in [9.17, 15) is 0 Å². The molecule has 2 rings (SSSR count). The van der Waals surface area contributed by atoms with Crippen LogP contribution in [0, 0.1) is 0 Å². The van der Waals surface area contributed by atoms with Crippen LogP contribution in [0.15, 0.2) is 30.6 Å². The highest BCUT2D eigenvalue weighted by molar-refractivity contribution is 5.47. The van der Waals surface area contributed by atoms with Crippen molar-refractivity contribution >= 4 is 5.69 Å². The van der Waals surface area contributed by atoms with Gasteiger partial charge in [-0.15, -0.1) is 0 Å². The highest BCUT2D eigenvalue weighted by Gasteiger charge is 2.11. The van der Waals surface area contributed by atoms with E-state index < -0.39 is 0 Å². The van der Waals surface area contributed by atoms with Crippen molar-refractivity contribution in [1.82, 2.24) is 14.8 Å². The van der Waals surface area contributed by atoms with Gasteiger partial charge in [0.2, 0.25) is 0 Å². The Hall–Kier alpha value is -1.88. The van der Waals surface area contributed by atoms with Crippen molar-refractivity contribution < 1.29 is 0 Å². The first kappa shape index (κ1) is 15.5. The van der Waals surface area contributed by atoms with Gasteiger partial charge < -0.3 is 10.6 Å². The van der Waals surface area contributed by atoms with Crippen molar-refractivity contribution in [2.75, 3.05) is 11.4 Å². The number of nitrogens with zero attached hydrogens (tertiary/aromatic N) is 4. The molecule has 0 amide bonds. The number of rotatable bonds is 8. The fourth-order valence-electron chi connectivity index (χ4n) is 2.39. The molecular weight excluding hydrogens is 262 g/mol. The third kappa shape index (κ3) is 4.04. The van der Waals surface area contributed by atoms with Crippen LogP contribution in [0.25, 0.3) is 0 Å². The van der Waals surface area contributed by atoms with Gasteiger partial charge in [-0.2, -0.15) is 5.10 Å². The van der Waals surface area contributed by atoms with Gasteiger partial charge in [-0.05, 0) is 30.5 Å². The Morgan fingerprint density at radius 1 is 1.14 bits per heavy atom. The van der Waals surface area contributed by atoms with Crippen molar-refractivity contribution in [3.05, 3.63) is 42.0 Å². The number of hydrogen-bond acceptors (Lipinski definition) is 4. The molecule has 0 saturated heterocycles. The third-order valence-electron chi connectivity index (χ3n) is 3.49. The van der Waals surface area contributed by atoms with Crippen molar-refractivity contribution in [3.63, 3.8) is 0 Å². The lowest BCUT2D eigenvalue weighted by atomic mass is 10.2. The Morgan fingerprint density at radius 3 is 2.52 bits per heavy atom. The van der Waals surface area contributed by atoms with Gasteiger partial charge in [0.1, 0.15) is 12.2 Å². The third-order valence-corrected chi connectivity index (χ3v) is 3.49. The highest BCUT2D eigenvalue weighted by Crippen LogP contribution is 2.18. The van der Waals surface area contributed by atoms with E-state index >= 15 is 0 Å². The summed E-state index contributed by atoms with van der Waals surface area (Å²) >= 11 is 0. The fourth-order valence-corrected chi connectivity index (χ4v) is 2.39. The Kier molecular flexibility index (Phi) is 5.75. The summed E-state index contributed by atoms with van der Waals surface area (Å²) in [5.74, 6) is 1.02. The molecule has 0 atom stereocenters. The summed E-state index contributed by atoms with van der Waals surface area (Å²) in [6, 6.07) is 8.46. The lowest BCUT2D eigenvalue weighted by molar-refractivity contribution is 0.560. The smallest absolute Gasteiger partial charge is 0.146 e. The topological polar surface area (TPSA) is 60.0 Å². The lowest BCUT2D eigenvalue weighted by Crippen LogP contribution is -2.25. The maximum Gasteiger partial charge on any atom is 0.146 e. The van der Waals surface area contributed by atoms with Gasteiger partial charge in [-0.25, -0.2) is 9.67 Å². The Morgan fingerprint density at radius 2 is 1.90 bits per heavy atom. The normalized spacial score (nSPS) is 10.8. The summed E-state index contributed by atoms with van der Waals surface area (Å²) in [5.41, 5.74) is 8.03. The van der Waals surface area contributed by atoms with E-state index in [1.165, 1.54) is 5.69 Å². The zero-order chi connectivity index (χ0) is 15.1. The first-order chi connectivity index (χ1) is 10.3. The average molecular weight is 287 g/mol. The molecular formula is C16H25N5. The highest BCUT2D eigenvalue weighted by atomic mass is 15.3. The molecule has 5 nitrogen and oxygen atoms in total. The number of benzene rings is 1. The van der Waals surface area contributed by atoms with Crippen LogP contribution in [0.5, 0.6) is 0 Å². The standard InChI is InChI=1S/C16H25N5/c1-3-9-20(15-7-5-14(11-17)6-8-15)12-16-18-13-19-21(16)10-4-2/h5-8,13H,3-4,9-12,17H2,1-2H3. The van der Waals surface area contributed by atoms with E-state index in [-0.39, 0.29) is 0 Å². The molecule has 0 spiro atoms. The molecule has 0 fully saturated rings. The van der Waals surface area contributed by atoms with E-state index in [1.54, 1.807) is 6.33 Å². The van der Waals surface area contributed by atoms with Crippen LogP contribution in [0.2, 0.25) is 0 Å². The summed E-state index contributed by atoms with van der Waals surface area (Å²) in [4.78, 5) is 6.75. The molecule has 0 aliphatic rings. The summed E-state index contributed by atoms with van der Waals surface area (Å²) in [6.45, 7) is 7.63. The monoisotopic (exact) mass is 287 g/mol. The predicted molar refractivity (Wildman–Crippen MR) is 86.0 cm³/mol. The van der Waals surface area contributed by atoms with Gasteiger partial charge in [0.05, 0.1) is 6.54 Å². The molecule has 2 aromatic rings. The molecule has 0 bridgehead atoms. The van der Waals surface area contributed by atoms with Crippen molar-refractivity contribution in [3.8, 4) is 0 Å². The number of nitrogens with two attached hydrogens (primary N) is 1. The Labute approximate surface area is 126 Å². The fraction of sp³-hybridized carbons (Fsp3) is 0.500. The minimum Gasteiger partial charge on any atom is -0.364 e. The lowest BCUT2D eigenvalue weighted by Gasteiger charge is -2.24. The second kappa shape index (κ2) is 7.78. The maximum atomic E-state index is 5.66. The maximum absolute atomic E-state index is 5.66. The number of aryl methyl sites for hydroxylation is 1. The molecule has 5 heteroatoms. The van der Waals surface area contributed by atoms with Crippen molar-refractivity contribution in [2.24, 2.45) is 5.73 Å². The van der Waals surface area contributed by atoms with Crippen LogP contribution in [-0.4, -0.2) is 21.3 Å². The quantitative estimate of drug-likeness (QED) is 0.810. The van der Waals surface area contributed by atoms with Crippen LogP contribution in [0.4, 0.5) is 5.69 Å². The van der Waals surface area contributed by atoms with E-state index in [1.807, 2.05) is 4.68 Å². The first-order valence-electron chi connectivity index (χ1n) is 7.69. The Bertz CT molecular complexity index is 532. The Balaban J connectivity index is 2.15. The molecule has 0 aliphatic carbocycles. The summed E-state index contributed by atoms with van der Waals surface area (Å²) < 4.78 is 2.00. The molecule has 2 N–H and O–H groups in total. The molecule has 21 heavy (non-hydrogen) atoms. The van der Waals surface area contributed by atoms with Crippen LogP contribution in [-0.2, 0) is 19.6 Å². The van der Waals surface area contributed by atoms with E-state index in [0.717, 1.165) is 43.9 Å².